The molecular formula is C20H25NO4S. The van der Waals surface area contributed by atoms with E-state index in [2.05, 4.69) is 4.98 Å². The van der Waals surface area contributed by atoms with Crippen LogP contribution in [0.25, 0.3) is 11.5 Å². The average Bonchev–Trinajstić information content (AvgIpc) is 3.17. The van der Waals surface area contributed by atoms with Crippen LogP contribution in [0.4, 0.5) is 0 Å². The second-order valence-corrected chi connectivity index (χ2v) is 9.38. The fraction of sp³-hybridized carbons (Fsp3) is 0.500. The lowest BCUT2D eigenvalue weighted by Gasteiger charge is -2.07. The molecule has 1 aromatic carbocycles. The smallest absolute Gasteiger partial charge is 0.226 e. The molecule has 1 saturated carbocycles. The van der Waals surface area contributed by atoms with Gasteiger partial charge in [-0.25, -0.2) is 13.4 Å². The molecule has 3 rings (SSSR count). The largest absolute Gasteiger partial charge is 0.441 e. The Morgan fingerprint density at radius 1 is 1.15 bits per heavy atom. The number of aryl methyl sites for hydroxylation is 2. The van der Waals surface area contributed by atoms with Crippen molar-refractivity contribution in [2.24, 2.45) is 5.92 Å². The minimum Gasteiger partial charge on any atom is -0.441 e. The number of Topliss-reactive ketones (excluding diaryl/α,β-unsaturated/α-hetero) is 1. The van der Waals surface area contributed by atoms with E-state index in [0.717, 1.165) is 36.8 Å². The van der Waals surface area contributed by atoms with Crippen molar-refractivity contribution in [1.29, 1.82) is 0 Å². The van der Waals surface area contributed by atoms with Gasteiger partial charge >= 0.3 is 0 Å². The molecule has 0 radical (unpaired) electrons. The summed E-state index contributed by atoms with van der Waals surface area (Å²) in [6, 6.07) is 7.69. The molecular weight excluding hydrogens is 350 g/mol. The first-order chi connectivity index (χ1) is 12.3. The monoisotopic (exact) mass is 375 g/mol. The minimum absolute atomic E-state index is 0.184. The third-order valence-corrected chi connectivity index (χ3v) is 6.39. The lowest BCUT2D eigenvalue weighted by molar-refractivity contribution is -0.117. The molecule has 0 unspecified atom stereocenters. The van der Waals surface area contributed by atoms with Gasteiger partial charge in [-0.2, -0.15) is 0 Å². The Morgan fingerprint density at radius 2 is 1.81 bits per heavy atom. The normalized spacial score (nSPS) is 15.5. The van der Waals surface area contributed by atoms with Gasteiger partial charge in [0.15, 0.2) is 9.84 Å². The molecule has 5 nitrogen and oxygen atoms in total. The van der Waals surface area contributed by atoms with Crippen LogP contribution in [0.3, 0.4) is 0 Å². The van der Waals surface area contributed by atoms with Gasteiger partial charge in [0.2, 0.25) is 5.89 Å². The highest BCUT2D eigenvalue weighted by Crippen LogP contribution is 2.28. The summed E-state index contributed by atoms with van der Waals surface area (Å²) in [7, 11) is -3.55. The van der Waals surface area contributed by atoms with Gasteiger partial charge in [0.1, 0.15) is 17.3 Å². The molecule has 0 spiro atoms. The first kappa shape index (κ1) is 18.8. The third-order valence-electron chi connectivity index (χ3n) is 4.92. The number of carbonyl (C=O) groups is 1. The Kier molecular flexibility index (Phi) is 5.61. The molecule has 140 valence electrons. The second-order valence-electron chi connectivity index (χ2n) is 7.31. The van der Waals surface area contributed by atoms with E-state index in [4.69, 9.17) is 4.42 Å². The number of nitrogens with zero attached hydrogens (tertiary/aromatic N) is 1. The van der Waals surface area contributed by atoms with Crippen LogP contribution < -0.4 is 0 Å². The van der Waals surface area contributed by atoms with Gasteiger partial charge in [-0.05, 0) is 31.9 Å². The zero-order valence-corrected chi connectivity index (χ0v) is 16.1. The van der Waals surface area contributed by atoms with Crippen molar-refractivity contribution in [3.63, 3.8) is 0 Å². The predicted molar refractivity (Wildman–Crippen MR) is 100 cm³/mol. The van der Waals surface area contributed by atoms with Gasteiger partial charge < -0.3 is 4.42 Å². The maximum absolute atomic E-state index is 12.4. The average molecular weight is 375 g/mol. The standard InChI is InChI=1S/C20H25NO4S/c1-14-7-9-17(10-8-14)20-21-19(15(2)25-20)13-26(23,24)12-18(22)11-16-5-3-4-6-16/h7-10,16H,3-6,11-13H2,1-2H3. The number of hydrogen-bond donors (Lipinski definition) is 0. The summed E-state index contributed by atoms with van der Waals surface area (Å²) in [6.07, 6.45) is 4.74. The number of sulfone groups is 1. The maximum atomic E-state index is 12.4. The van der Waals surface area contributed by atoms with Crippen molar-refractivity contribution in [3.8, 4) is 11.5 Å². The van der Waals surface area contributed by atoms with Crippen molar-refractivity contribution in [3.05, 3.63) is 41.3 Å². The first-order valence-corrected chi connectivity index (χ1v) is 10.9. The molecule has 0 aliphatic heterocycles. The Balaban J connectivity index is 1.67. The Morgan fingerprint density at radius 3 is 2.46 bits per heavy atom. The molecule has 0 atom stereocenters. The highest BCUT2D eigenvalue weighted by atomic mass is 32.2. The number of aromatic nitrogens is 1. The zero-order chi connectivity index (χ0) is 18.7. The number of rotatable bonds is 7. The highest BCUT2D eigenvalue weighted by Gasteiger charge is 2.25. The van der Waals surface area contributed by atoms with E-state index >= 15 is 0 Å². The molecule has 1 fully saturated rings. The SMILES string of the molecule is Cc1ccc(-c2nc(CS(=O)(=O)CC(=O)CC3CCCC3)c(C)o2)cc1. The number of oxazole rings is 1. The summed E-state index contributed by atoms with van der Waals surface area (Å²) in [4.78, 5) is 16.5. The van der Waals surface area contributed by atoms with Gasteiger partial charge in [0, 0.05) is 12.0 Å². The molecule has 1 heterocycles. The number of benzene rings is 1. The molecule has 0 amide bonds. The number of ketones is 1. The minimum atomic E-state index is -3.55. The number of hydrogen-bond acceptors (Lipinski definition) is 5. The van der Waals surface area contributed by atoms with E-state index < -0.39 is 15.6 Å². The van der Waals surface area contributed by atoms with Gasteiger partial charge in [-0.3, -0.25) is 4.79 Å². The van der Waals surface area contributed by atoms with Crippen molar-refractivity contribution in [1.82, 2.24) is 4.98 Å². The van der Waals surface area contributed by atoms with Crippen molar-refractivity contribution < 1.29 is 17.6 Å². The quantitative estimate of drug-likeness (QED) is 0.730. The van der Waals surface area contributed by atoms with Crippen LogP contribution in [0.15, 0.2) is 28.7 Å². The Bertz CT molecular complexity index is 875. The lowest BCUT2D eigenvalue weighted by Crippen LogP contribution is -2.20. The van der Waals surface area contributed by atoms with Crippen LogP contribution in [0, 0.1) is 19.8 Å². The first-order valence-electron chi connectivity index (χ1n) is 9.08. The summed E-state index contributed by atoms with van der Waals surface area (Å²) >= 11 is 0. The molecule has 1 aromatic heterocycles. The Labute approximate surface area is 154 Å². The van der Waals surface area contributed by atoms with E-state index in [1.165, 1.54) is 0 Å². The van der Waals surface area contributed by atoms with Gasteiger partial charge in [0.25, 0.3) is 0 Å². The molecule has 0 bridgehead atoms. The fourth-order valence-electron chi connectivity index (χ4n) is 3.48. The van der Waals surface area contributed by atoms with E-state index in [-0.39, 0.29) is 11.5 Å². The Hall–Kier alpha value is -1.95. The number of carbonyl (C=O) groups excluding carboxylic acids is 1. The summed E-state index contributed by atoms with van der Waals surface area (Å²) < 4.78 is 30.5. The van der Waals surface area contributed by atoms with Crippen LogP contribution in [0.5, 0.6) is 0 Å². The van der Waals surface area contributed by atoms with Crippen LogP contribution >= 0.6 is 0 Å². The van der Waals surface area contributed by atoms with E-state index in [1.807, 2.05) is 31.2 Å². The molecule has 6 heteroatoms. The molecule has 0 N–H and O–H groups in total. The van der Waals surface area contributed by atoms with Gasteiger partial charge in [0.05, 0.1) is 11.4 Å². The molecule has 26 heavy (non-hydrogen) atoms. The maximum Gasteiger partial charge on any atom is 0.226 e. The molecule has 0 saturated heterocycles. The van der Waals surface area contributed by atoms with Crippen LogP contribution in [0.1, 0.15) is 49.1 Å². The van der Waals surface area contributed by atoms with Gasteiger partial charge in [-0.15, -0.1) is 0 Å². The van der Waals surface area contributed by atoms with Crippen LogP contribution in [-0.2, 0) is 20.4 Å². The van der Waals surface area contributed by atoms with Crippen molar-refractivity contribution >= 4 is 15.6 Å². The fourth-order valence-corrected chi connectivity index (χ4v) is 4.88. The lowest BCUT2D eigenvalue weighted by atomic mass is 10.0. The van der Waals surface area contributed by atoms with Crippen molar-refractivity contribution in [2.75, 3.05) is 5.75 Å². The van der Waals surface area contributed by atoms with Crippen LogP contribution in [0.2, 0.25) is 0 Å². The van der Waals surface area contributed by atoms with Crippen LogP contribution in [-0.4, -0.2) is 24.9 Å². The summed E-state index contributed by atoms with van der Waals surface area (Å²) in [6.45, 7) is 3.70. The van der Waals surface area contributed by atoms with E-state index in [0.29, 0.717) is 29.7 Å². The zero-order valence-electron chi connectivity index (χ0n) is 15.3. The highest BCUT2D eigenvalue weighted by molar-refractivity contribution is 7.91. The van der Waals surface area contributed by atoms with E-state index in [1.54, 1.807) is 6.92 Å². The second kappa shape index (κ2) is 7.74. The summed E-state index contributed by atoms with van der Waals surface area (Å²) in [5, 5.41) is 0. The van der Waals surface area contributed by atoms with Crippen molar-refractivity contribution in [2.45, 2.75) is 51.7 Å². The topological polar surface area (TPSA) is 77.2 Å². The molecule has 1 aliphatic carbocycles. The molecule has 2 aromatic rings. The third kappa shape index (κ3) is 4.81. The predicted octanol–water partition coefficient (Wildman–Crippen LogP) is 4.02. The summed E-state index contributed by atoms with van der Waals surface area (Å²) in [5.74, 6) is 0.397. The summed E-state index contributed by atoms with van der Waals surface area (Å²) in [5.41, 5.74) is 2.31. The van der Waals surface area contributed by atoms with E-state index in [9.17, 15) is 13.2 Å². The van der Waals surface area contributed by atoms with Gasteiger partial charge in [-0.1, -0.05) is 43.4 Å². The molecule has 1 aliphatic rings.